The number of nitrogens with one attached hydrogen (secondary N) is 1. The standard InChI is InChI=1S/C11H9ClN2O/c12-10-8-4-3-7(6-1-2-6)5-9(8)11(15)14-13-10/h3-6H,1-2H2,(H,14,15). The number of benzene rings is 1. The summed E-state index contributed by atoms with van der Waals surface area (Å²) in [5, 5.41) is 7.84. The molecule has 1 heterocycles. The van der Waals surface area contributed by atoms with E-state index in [1.807, 2.05) is 18.2 Å². The third-order valence-corrected chi connectivity index (χ3v) is 3.10. The van der Waals surface area contributed by atoms with Crippen molar-refractivity contribution in [3.05, 3.63) is 39.3 Å². The highest BCUT2D eigenvalue weighted by atomic mass is 35.5. The minimum absolute atomic E-state index is 0.170. The number of hydrogen-bond donors (Lipinski definition) is 1. The zero-order valence-corrected chi connectivity index (χ0v) is 8.71. The molecule has 0 spiro atoms. The summed E-state index contributed by atoms with van der Waals surface area (Å²) < 4.78 is 0. The van der Waals surface area contributed by atoms with Gasteiger partial charge in [-0.2, -0.15) is 5.10 Å². The van der Waals surface area contributed by atoms with Crippen molar-refractivity contribution in [2.75, 3.05) is 0 Å². The molecule has 0 radical (unpaired) electrons. The van der Waals surface area contributed by atoms with E-state index in [2.05, 4.69) is 10.2 Å². The molecule has 3 nitrogen and oxygen atoms in total. The van der Waals surface area contributed by atoms with Crippen molar-refractivity contribution in [1.82, 2.24) is 10.2 Å². The van der Waals surface area contributed by atoms with Crippen LogP contribution in [0.3, 0.4) is 0 Å². The van der Waals surface area contributed by atoms with E-state index in [9.17, 15) is 4.79 Å². The number of hydrogen-bond acceptors (Lipinski definition) is 2. The molecule has 1 aromatic carbocycles. The predicted molar refractivity (Wildman–Crippen MR) is 59.3 cm³/mol. The summed E-state index contributed by atoms with van der Waals surface area (Å²) in [4.78, 5) is 11.5. The average molecular weight is 221 g/mol. The Kier molecular flexibility index (Phi) is 1.83. The fourth-order valence-electron chi connectivity index (χ4n) is 1.82. The Morgan fingerprint density at radius 2 is 2.13 bits per heavy atom. The van der Waals surface area contributed by atoms with Crippen LogP contribution in [0.1, 0.15) is 24.3 Å². The molecule has 0 unspecified atom stereocenters. The Labute approximate surface area is 91.1 Å². The van der Waals surface area contributed by atoms with E-state index in [0.29, 0.717) is 16.5 Å². The highest BCUT2D eigenvalue weighted by Gasteiger charge is 2.23. The van der Waals surface area contributed by atoms with E-state index in [0.717, 1.165) is 5.39 Å². The molecule has 4 heteroatoms. The predicted octanol–water partition coefficient (Wildman–Crippen LogP) is 2.45. The summed E-state index contributed by atoms with van der Waals surface area (Å²) in [5.74, 6) is 0.640. The molecule has 15 heavy (non-hydrogen) atoms. The van der Waals surface area contributed by atoms with Crippen molar-refractivity contribution in [3.63, 3.8) is 0 Å². The van der Waals surface area contributed by atoms with E-state index < -0.39 is 0 Å². The summed E-state index contributed by atoms with van der Waals surface area (Å²) >= 11 is 5.90. The van der Waals surface area contributed by atoms with Gasteiger partial charge in [0.2, 0.25) is 0 Å². The quantitative estimate of drug-likeness (QED) is 0.803. The maximum Gasteiger partial charge on any atom is 0.272 e. The smallest absolute Gasteiger partial charge is 0.267 e. The zero-order valence-electron chi connectivity index (χ0n) is 7.96. The number of aromatic amines is 1. The number of halogens is 1. The number of nitrogens with zero attached hydrogens (tertiary/aromatic N) is 1. The van der Waals surface area contributed by atoms with Gasteiger partial charge in [-0.1, -0.05) is 23.7 Å². The van der Waals surface area contributed by atoms with Gasteiger partial charge in [-0.25, -0.2) is 5.10 Å². The number of aromatic nitrogens is 2. The molecule has 1 saturated carbocycles. The van der Waals surface area contributed by atoms with Crippen LogP contribution in [0.4, 0.5) is 0 Å². The molecule has 2 aromatic rings. The fourth-order valence-corrected chi connectivity index (χ4v) is 2.03. The Hall–Kier alpha value is -1.35. The first-order valence-electron chi connectivity index (χ1n) is 4.93. The maximum absolute atomic E-state index is 11.5. The van der Waals surface area contributed by atoms with Gasteiger partial charge in [0.05, 0.1) is 5.39 Å². The lowest BCUT2D eigenvalue weighted by Crippen LogP contribution is -2.08. The molecule has 0 amide bonds. The average Bonchev–Trinajstić information content (AvgIpc) is 3.07. The Balaban J connectivity index is 2.33. The van der Waals surface area contributed by atoms with Crippen molar-refractivity contribution in [3.8, 4) is 0 Å². The SMILES string of the molecule is O=c1[nH]nc(Cl)c2ccc(C3CC3)cc12. The molecular formula is C11H9ClN2O. The number of fused-ring (bicyclic) bond motifs is 1. The van der Waals surface area contributed by atoms with Gasteiger partial charge in [-0.05, 0) is 30.4 Å². The van der Waals surface area contributed by atoms with Crippen LogP contribution in [-0.2, 0) is 0 Å². The van der Waals surface area contributed by atoms with E-state index >= 15 is 0 Å². The second-order valence-electron chi connectivity index (χ2n) is 3.92. The Morgan fingerprint density at radius 3 is 2.87 bits per heavy atom. The van der Waals surface area contributed by atoms with Crippen LogP contribution in [-0.4, -0.2) is 10.2 Å². The van der Waals surface area contributed by atoms with E-state index in [4.69, 9.17) is 11.6 Å². The van der Waals surface area contributed by atoms with E-state index in [1.54, 1.807) is 0 Å². The lowest BCUT2D eigenvalue weighted by atomic mass is 10.1. The van der Waals surface area contributed by atoms with Crippen LogP contribution < -0.4 is 5.56 Å². The van der Waals surface area contributed by atoms with Crippen LogP contribution in [0.5, 0.6) is 0 Å². The second kappa shape index (κ2) is 3.07. The van der Waals surface area contributed by atoms with Gasteiger partial charge < -0.3 is 0 Å². The van der Waals surface area contributed by atoms with Crippen LogP contribution in [0.2, 0.25) is 5.15 Å². The first-order chi connectivity index (χ1) is 7.25. The monoisotopic (exact) mass is 220 g/mol. The van der Waals surface area contributed by atoms with Gasteiger partial charge in [0.25, 0.3) is 5.56 Å². The summed E-state index contributed by atoms with van der Waals surface area (Å²) in [6.07, 6.45) is 2.45. The Bertz CT molecular complexity index is 587. The molecule has 1 aliphatic rings. The molecule has 1 aromatic heterocycles. The van der Waals surface area contributed by atoms with Gasteiger partial charge in [-0.15, -0.1) is 0 Å². The molecular weight excluding hydrogens is 212 g/mol. The maximum atomic E-state index is 11.5. The molecule has 1 fully saturated rings. The lowest BCUT2D eigenvalue weighted by Gasteiger charge is -2.01. The lowest BCUT2D eigenvalue weighted by molar-refractivity contribution is 1.01. The second-order valence-corrected chi connectivity index (χ2v) is 4.28. The van der Waals surface area contributed by atoms with Crippen molar-refractivity contribution in [2.24, 2.45) is 0 Å². The molecule has 3 rings (SSSR count). The van der Waals surface area contributed by atoms with Crippen molar-refractivity contribution in [2.45, 2.75) is 18.8 Å². The van der Waals surface area contributed by atoms with E-state index in [1.165, 1.54) is 18.4 Å². The Morgan fingerprint density at radius 1 is 1.33 bits per heavy atom. The minimum Gasteiger partial charge on any atom is -0.267 e. The van der Waals surface area contributed by atoms with Gasteiger partial charge in [0, 0.05) is 5.39 Å². The molecule has 76 valence electrons. The van der Waals surface area contributed by atoms with Gasteiger partial charge in [-0.3, -0.25) is 4.79 Å². The van der Waals surface area contributed by atoms with Crippen LogP contribution in [0.25, 0.3) is 10.8 Å². The molecule has 0 bridgehead atoms. The van der Waals surface area contributed by atoms with E-state index in [-0.39, 0.29) is 5.56 Å². The molecule has 1 N–H and O–H groups in total. The summed E-state index contributed by atoms with van der Waals surface area (Å²) in [5.41, 5.74) is 1.06. The minimum atomic E-state index is -0.170. The molecule has 1 aliphatic carbocycles. The third kappa shape index (κ3) is 1.43. The van der Waals surface area contributed by atoms with Gasteiger partial charge in [0.15, 0.2) is 5.15 Å². The first-order valence-corrected chi connectivity index (χ1v) is 5.31. The number of H-pyrrole nitrogens is 1. The largest absolute Gasteiger partial charge is 0.272 e. The van der Waals surface area contributed by atoms with Crippen LogP contribution in [0, 0.1) is 0 Å². The summed E-state index contributed by atoms with van der Waals surface area (Å²) in [6, 6.07) is 5.85. The van der Waals surface area contributed by atoms with Crippen molar-refractivity contribution in [1.29, 1.82) is 0 Å². The third-order valence-electron chi connectivity index (χ3n) is 2.81. The van der Waals surface area contributed by atoms with Crippen LogP contribution in [0.15, 0.2) is 23.0 Å². The normalized spacial score (nSPS) is 15.8. The van der Waals surface area contributed by atoms with Crippen molar-refractivity contribution >= 4 is 22.4 Å². The first kappa shape index (κ1) is 8.92. The molecule has 0 saturated heterocycles. The number of rotatable bonds is 1. The van der Waals surface area contributed by atoms with Gasteiger partial charge >= 0.3 is 0 Å². The summed E-state index contributed by atoms with van der Waals surface area (Å²) in [6.45, 7) is 0. The summed E-state index contributed by atoms with van der Waals surface area (Å²) in [7, 11) is 0. The van der Waals surface area contributed by atoms with Crippen LogP contribution >= 0.6 is 11.6 Å². The topological polar surface area (TPSA) is 45.8 Å². The fraction of sp³-hybridized carbons (Fsp3) is 0.273. The molecule has 0 aliphatic heterocycles. The highest BCUT2D eigenvalue weighted by molar-refractivity contribution is 6.34. The molecule has 0 atom stereocenters. The zero-order chi connectivity index (χ0) is 10.4. The highest BCUT2D eigenvalue weighted by Crippen LogP contribution is 2.40. The van der Waals surface area contributed by atoms with Gasteiger partial charge in [0.1, 0.15) is 0 Å². The van der Waals surface area contributed by atoms with Crippen molar-refractivity contribution < 1.29 is 0 Å².